The summed E-state index contributed by atoms with van der Waals surface area (Å²) >= 11 is 0.426. The van der Waals surface area contributed by atoms with Crippen LogP contribution in [0.1, 0.15) is 6.42 Å². The number of rotatable bonds is 6. The zero-order valence-electron chi connectivity index (χ0n) is 9.68. The minimum atomic E-state index is -3.86. The van der Waals surface area contributed by atoms with Crippen LogP contribution in [0.4, 0.5) is 0 Å². The number of sulfone groups is 2. The highest BCUT2D eigenvalue weighted by Crippen LogP contribution is 2.21. The van der Waals surface area contributed by atoms with Gasteiger partial charge in [0.15, 0.2) is 0 Å². The topological polar surface area (TPSA) is 154 Å². The van der Waals surface area contributed by atoms with Gasteiger partial charge in [-0.25, -0.2) is 30.4 Å². The van der Waals surface area contributed by atoms with Gasteiger partial charge in [-0.3, -0.25) is 0 Å². The van der Waals surface area contributed by atoms with Crippen LogP contribution in [-0.4, -0.2) is 53.2 Å². The molecule has 13 heteroatoms. The summed E-state index contributed by atoms with van der Waals surface area (Å²) in [6.07, 6.45) is 0.680. The van der Waals surface area contributed by atoms with Crippen molar-refractivity contribution in [1.29, 1.82) is 0 Å². The highest BCUT2D eigenvalue weighted by molar-refractivity contribution is 7.95. The molecule has 1 aromatic rings. The number of hydrogen-bond acceptors (Lipinski definition) is 9. The molecule has 0 saturated carbocycles. The smallest absolute Gasteiger partial charge is 0.229 e. The van der Waals surface area contributed by atoms with Gasteiger partial charge in [-0.15, -0.1) is 10.2 Å². The van der Waals surface area contributed by atoms with E-state index in [0.29, 0.717) is 11.3 Å². The summed E-state index contributed by atoms with van der Waals surface area (Å²) in [5.41, 5.74) is 0. The fourth-order valence-electron chi connectivity index (χ4n) is 1.01. The average molecular weight is 349 g/mol. The largest absolute Gasteiger partial charge is 0.233 e. The molecule has 1 rings (SSSR count). The van der Waals surface area contributed by atoms with E-state index < -0.39 is 49.9 Å². The van der Waals surface area contributed by atoms with Gasteiger partial charge in [0.05, 0.1) is 11.5 Å². The first-order valence-corrected chi connectivity index (χ1v) is 10.8. The second-order valence-corrected chi connectivity index (χ2v) is 10.8. The SMILES string of the molecule is CS(=O)(=O)c1nnc(S(=O)(=O)CCCS(N)(=O)=O)s1. The Hall–Kier alpha value is -0.630. The van der Waals surface area contributed by atoms with E-state index in [0.717, 1.165) is 6.26 Å². The molecule has 0 unspecified atom stereocenters. The Labute approximate surface area is 114 Å². The molecule has 110 valence electrons. The molecular weight excluding hydrogens is 338 g/mol. The lowest BCUT2D eigenvalue weighted by Gasteiger charge is -1.99. The minimum absolute atomic E-state index is 0.199. The van der Waals surface area contributed by atoms with E-state index in [1.54, 1.807) is 0 Å². The van der Waals surface area contributed by atoms with Crippen molar-refractivity contribution in [3.05, 3.63) is 0 Å². The molecule has 1 aromatic heterocycles. The van der Waals surface area contributed by atoms with E-state index >= 15 is 0 Å². The van der Waals surface area contributed by atoms with Gasteiger partial charge in [0.1, 0.15) is 0 Å². The van der Waals surface area contributed by atoms with Crippen LogP contribution in [0.2, 0.25) is 0 Å². The van der Waals surface area contributed by atoms with Crippen molar-refractivity contribution >= 4 is 41.0 Å². The first kappa shape index (κ1) is 16.4. The third-order valence-electron chi connectivity index (χ3n) is 1.81. The summed E-state index contributed by atoms with van der Waals surface area (Å²) in [6, 6.07) is 0. The highest BCUT2D eigenvalue weighted by atomic mass is 32.3. The van der Waals surface area contributed by atoms with Gasteiger partial charge < -0.3 is 0 Å². The first-order chi connectivity index (χ1) is 8.42. The van der Waals surface area contributed by atoms with Crippen molar-refractivity contribution in [1.82, 2.24) is 10.2 Å². The summed E-state index contributed by atoms with van der Waals surface area (Å²) in [6.45, 7) is 0. The quantitative estimate of drug-likeness (QED) is 0.643. The zero-order valence-corrected chi connectivity index (χ0v) is 12.9. The van der Waals surface area contributed by atoms with Crippen LogP contribution in [-0.2, 0) is 29.7 Å². The van der Waals surface area contributed by atoms with Gasteiger partial charge in [-0.2, -0.15) is 0 Å². The van der Waals surface area contributed by atoms with Crippen LogP contribution in [0.3, 0.4) is 0 Å². The van der Waals surface area contributed by atoms with Crippen molar-refractivity contribution in [2.75, 3.05) is 17.8 Å². The Kier molecular flexibility index (Phi) is 4.66. The lowest BCUT2D eigenvalue weighted by molar-refractivity contribution is 0.587. The summed E-state index contributed by atoms with van der Waals surface area (Å²) in [4.78, 5) is 0. The molecule has 0 aliphatic carbocycles. The number of primary sulfonamides is 1. The van der Waals surface area contributed by atoms with Gasteiger partial charge in [0.2, 0.25) is 38.4 Å². The van der Waals surface area contributed by atoms with Gasteiger partial charge >= 0.3 is 0 Å². The van der Waals surface area contributed by atoms with Gasteiger partial charge in [0, 0.05) is 6.26 Å². The van der Waals surface area contributed by atoms with E-state index in [1.807, 2.05) is 0 Å². The maximum atomic E-state index is 11.7. The Morgan fingerprint density at radius 1 is 1.00 bits per heavy atom. The lowest BCUT2D eigenvalue weighted by Crippen LogP contribution is -2.19. The van der Waals surface area contributed by atoms with E-state index in [-0.39, 0.29) is 6.42 Å². The van der Waals surface area contributed by atoms with Gasteiger partial charge in [-0.05, 0) is 6.42 Å². The van der Waals surface area contributed by atoms with Crippen molar-refractivity contribution in [2.24, 2.45) is 5.14 Å². The molecule has 0 saturated heterocycles. The molecule has 0 radical (unpaired) electrons. The molecule has 19 heavy (non-hydrogen) atoms. The average Bonchev–Trinajstić information content (AvgIpc) is 2.62. The number of aromatic nitrogens is 2. The Morgan fingerprint density at radius 3 is 1.95 bits per heavy atom. The van der Waals surface area contributed by atoms with E-state index in [9.17, 15) is 25.3 Å². The summed E-state index contributed by atoms with van der Waals surface area (Å²) in [7, 11) is -11.2. The zero-order chi connectivity index (χ0) is 14.9. The van der Waals surface area contributed by atoms with E-state index in [2.05, 4.69) is 10.2 Å². The first-order valence-electron chi connectivity index (χ1n) is 4.69. The van der Waals surface area contributed by atoms with E-state index in [1.165, 1.54) is 0 Å². The van der Waals surface area contributed by atoms with Crippen LogP contribution in [0.5, 0.6) is 0 Å². The molecule has 0 aliphatic heterocycles. The molecular formula is C6H11N3O6S4. The maximum Gasteiger partial charge on any atom is 0.233 e. The molecule has 0 fully saturated rings. The molecule has 0 aromatic carbocycles. The predicted octanol–water partition coefficient (Wildman–Crippen LogP) is -1.61. The van der Waals surface area contributed by atoms with Crippen LogP contribution < -0.4 is 5.14 Å². The Morgan fingerprint density at radius 2 is 1.53 bits per heavy atom. The lowest BCUT2D eigenvalue weighted by atomic mass is 10.6. The van der Waals surface area contributed by atoms with Crippen LogP contribution >= 0.6 is 11.3 Å². The molecule has 2 N–H and O–H groups in total. The molecule has 0 spiro atoms. The summed E-state index contributed by atoms with van der Waals surface area (Å²) in [5.74, 6) is -0.980. The fourth-order valence-corrected chi connectivity index (χ4v) is 5.10. The molecule has 1 heterocycles. The predicted molar refractivity (Wildman–Crippen MR) is 67.7 cm³/mol. The number of nitrogens with zero attached hydrogens (tertiary/aromatic N) is 2. The number of hydrogen-bond donors (Lipinski definition) is 1. The molecule has 0 aliphatic rings. The van der Waals surface area contributed by atoms with Crippen molar-refractivity contribution in [3.8, 4) is 0 Å². The molecule has 0 atom stereocenters. The minimum Gasteiger partial charge on any atom is -0.229 e. The third kappa shape index (κ3) is 5.10. The second kappa shape index (κ2) is 5.40. The molecule has 0 amide bonds. The van der Waals surface area contributed by atoms with Crippen molar-refractivity contribution < 1.29 is 25.3 Å². The van der Waals surface area contributed by atoms with Gasteiger partial charge in [0.25, 0.3) is 0 Å². The van der Waals surface area contributed by atoms with Crippen LogP contribution in [0, 0.1) is 0 Å². The maximum absolute atomic E-state index is 11.7. The second-order valence-electron chi connectivity index (χ2n) is 3.65. The Balaban J connectivity index is 2.87. The summed E-state index contributed by atoms with van der Waals surface area (Å²) < 4.78 is 66.2. The number of nitrogens with two attached hydrogens (primary N) is 1. The number of sulfonamides is 1. The van der Waals surface area contributed by atoms with Crippen molar-refractivity contribution in [3.63, 3.8) is 0 Å². The Bertz CT molecular complexity index is 760. The molecule has 9 nitrogen and oxygen atoms in total. The van der Waals surface area contributed by atoms with Crippen LogP contribution in [0.25, 0.3) is 0 Å². The van der Waals surface area contributed by atoms with Crippen molar-refractivity contribution in [2.45, 2.75) is 15.1 Å². The third-order valence-corrected chi connectivity index (χ3v) is 7.51. The van der Waals surface area contributed by atoms with Gasteiger partial charge in [-0.1, -0.05) is 11.3 Å². The standard InChI is InChI=1S/C6H11N3O6S4/c1-17(10,11)5-8-9-6(16-5)18(12,13)3-2-4-19(7,14)15/h2-4H2,1H3,(H2,7,14,15). The molecule has 0 bridgehead atoms. The monoisotopic (exact) mass is 349 g/mol. The van der Waals surface area contributed by atoms with Crippen LogP contribution in [0.15, 0.2) is 8.68 Å². The fraction of sp³-hybridized carbons (Fsp3) is 0.667. The summed E-state index contributed by atoms with van der Waals surface area (Å²) in [5, 5.41) is 11.3. The van der Waals surface area contributed by atoms with E-state index in [4.69, 9.17) is 5.14 Å². The normalized spacial score (nSPS) is 13.6. The highest BCUT2D eigenvalue weighted by Gasteiger charge is 2.24.